The van der Waals surface area contributed by atoms with Gasteiger partial charge < -0.3 is 24.8 Å². The van der Waals surface area contributed by atoms with Gasteiger partial charge in [0.05, 0.1) is 13.2 Å². The molecule has 2 rings (SSSR count). The molecule has 1 atom stereocenters. The summed E-state index contributed by atoms with van der Waals surface area (Å²) in [5, 5.41) is 6.29. The molecule has 0 radical (unpaired) electrons. The van der Waals surface area contributed by atoms with Gasteiger partial charge in [-0.25, -0.2) is 0 Å². The average molecular weight is 357 g/mol. The quantitative estimate of drug-likeness (QED) is 0.553. The summed E-state index contributed by atoms with van der Waals surface area (Å²) >= 11 is 0. The number of ether oxygens (including phenoxy) is 3. The molecule has 1 aliphatic rings. The van der Waals surface area contributed by atoms with Crippen LogP contribution < -0.4 is 20.1 Å². The minimum absolute atomic E-state index is 0.109. The van der Waals surface area contributed by atoms with E-state index in [1.807, 2.05) is 0 Å². The summed E-state index contributed by atoms with van der Waals surface area (Å²) < 4.78 is 40.3. The molecule has 1 unspecified atom stereocenters. The van der Waals surface area contributed by atoms with E-state index in [9.17, 15) is 8.78 Å². The molecule has 0 amide bonds. The van der Waals surface area contributed by atoms with E-state index in [4.69, 9.17) is 9.47 Å². The number of hydrogen-bond acceptors (Lipinski definition) is 4. The molecule has 1 saturated heterocycles. The van der Waals surface area contributed by atoms with E-state index in [0.29, 0.717) is 23.4 Å². The molecule has 1 aromatic rings. The Kier molecular flexibility index (Phi) is 7.72. The molecular formula is C17H25F2N3O3. The Morgan fingerprint density at radius 2 is 2.24 bits per heavy atom. The number of benzene rings is 1. The maximum Gasteiger partial charge on any atom is 0.387 e. The zero-order valence-electron chi connectivity index (χ0n) is 14.6. The van der Waals surface area contributed by atoms with Crippen molar-refractivity contribution in [1.29, 1.82) is 0 Å². The second kappa shape index (κ2) is 10.0. The first-order valence-corrected chi connectivity index (χ1v) is 8.30. The Hall–Kier alpha value is -2.09. The van der Waals surface area contributed by atoms with E-state index < -0.39 is 6.61 Å². The van der Waals surface area contributed by atoms with Crippen LogP contribution in [-0.4, -0.2) is 46.0 Å². The van der Waals surface area contributed by atoms with Crippen molar-refractivity contribution in [2.45, 2.75) is 38.5 Å². The fourth-order valence-electron chi connectivity index (χ4n) is 2.66. The van der Waals surface area contributed by atoms with Crippen LogP contribution in [0.2, 0.25) is 0 Å². The van der Waals surface area contributed by atoms with Crippen LogP contribution in [0.5, 0.6) is 11.5 Å². The fourth-order valence-corrected chi connectivity index (χ4v) is 2.66. The maximum absolute atomic E-state index is 12.5. The standard InChI is InChI=1S/C17H25F2N3O3/c1-20-17(21-8-7-13-4-3-9-24-13)22-11-12-10-14(23-2)5-6-15(12)25-16(18)19/h5-6,10,13,16H,3-4,7-9,11H2,1-2H3,(H2,20,21,22). The molecule has 1 fully saturated rings. The van der Waals surface area contributed by atoms with E-state index in [1.165, 1.54) is 13.2 Å². The summed E-state index contributed by atoms with van der Waals surface area (Å²) in [5.74, 6) is 1.27. The molecule has 25 heavy (non-hydrogen) atoms. The van der Waals surface area contributed by atoms with Crippen molar-refractivity contribution >= 4 is 5.96 Å². The molecule has 0 bridgehead atoms. The molecule has 2 N–H and O–H groups in total. The van der Waals surface area contributed by atoms with Crippen LogP contribution in [0.3, 0.4) is 0 Å². The summed E-state index contributed by atoms with van der Waals surface area (Å²) in [7, 11) is 3.18. The second-order valence-electron chi connectivity index (χ2n) is 5.63. The van der Waals surface area contributed by atoms with Gasteiger partial charge in [-0.2, -0.15) is 8.78 Å². The monoisotopic (exact) mass is 357 g/mol. The van der Waals surface area contributed by atoms with E-state index in [-0.39, 0.29) is 12.3 Å². The van der Waals surface area contributed by atoms with Crippen molar-refractivity contribution in [3.8, 4) is 11.5 Å². The minimum atomic E-state index is -2.88. The van der Waals surface area contributed by atoms with Crippen LogP contribution in [0.4, 0.5) is 8.78 Å². The van der Waals surface area contributed by atoms with Gasteiger partial charge in [-0.05, 0) is 37.5 Å². The zero-order chi connectivity index (χ0) is 18.1. The lowest BCUT2D eigenvalue weighted by Crippen LogP contribution is -2.38. The van der Waals surface area contributed by atoms with Crippen molar-refractivity contribution in [2.24, 2.45) is 4.99 Å². The number of nitrogens with zero attached hydrogens (tertiary/aromatic N) is 1. The number of hydrogen-bond donors (Lipinski definition) is 2. The predicted molar refractivity (Wildman–Crippen MR) is 91.4 cm³/mol. The number of halogens is 2. The number of nitrogens with one attached hydrogen (secondary N) is 2. The van der Waals surface area contributed by atoms with Gasteiger partial charge in [-0.15, -0.1) is 0 Å². The fraction of sp³-hybridized carbons (Fsp3) is 0.588. The molecule has 0 spiro atoms. The third-order valence-electron chi connectivity index (χ3n) is 3.94. The Balaban J connectivity index is 1.88. The van der Waals surface area contributed by atoms with Crippen LogP contribution in [-0.2, 0) is 11.3 Å². The molecule has 1 heterocycles. The summed E-state index contributed by atoms with van der Waals surface area (Å²) in [4.78, 5) is 4.13. The lowest BCUT2D eigenvalue weighted by Gasteiger charge is -2.16. The number of guanidine groups is 1. The van der Waals surface area contributed by atoms with Crippen molar-refractivity contribution in [2.75, 3.05) is 27.3 Å². The third kappa shape index (κ3) is 6.38. The lowest BCUT2D eigenvalue weighted by molar-refractivity contribution is -0.0504. The highest BCUT2D eigenvalue weighted by atomic mass is 19.3. The molecular weight excluding hydrogens is 332 g/mol. The molecule has 1 aromatic carbocycles. The van der Waals surface area contributed by atoms with Crippen LogP contribution in [0.15, 0.2) is 23.2 Å². The van der Waals surface area contributed by atoms with Gasteiger partial charge in [-0.1, -0.05) is 0 Å². The molecule has 140 valence electrons. The van der Waals surface area contributed by atoms with Gasteiger partial charge in [0.1, 0.15) is 11.5 Å². The zero-order valence-corrected chi connectivity index (χ0v) is 14.6. The van der Waals surface area contributed by atoms with E-state index in [1.54, 1.807) is 19.2 Å². The van der Waals surface area contributed by atoms with Gasteiger partial charge in [0.25, 0.3) is 0 Å². The minimum Gasteiger partial charge on any atom is -0.497 e. The average Bonchev–Trinajstić information content (AvgIpc) is 3.12. The molecule has 0 aliphatic carbocycles. The number of rotatable bonds is 8. The third-order valence-corrected chi connectivity index (χ3v) is 3.94. The highest BCUT2D eigenvalue weighted by Crippen LogP contribution is 2.25. The first-order chi connectivity index (χ1) is 12.1. The summed E-state index contributed by atoms with van der Waals surface area (Å²) in [5.41, 5.74) is 0.557. The smallest absolute Gasteiger partial charge is 0.387 e. The van der Waals surface area contributed by atoms with Crippen LogP contribution in [0.1, 0.15) is 24.8 Å². The maximum atomic E-state index is 12.5. The second-order valence-corrected chi connectivity index (χ2v) is 5.63. The Morgan fingerprint density at radius 3 is 2.88 bits per heavy atom. The van der Waals surface area contributed by atoms with E-state index in [2.05, 4.69) is 20.4 Å². The highest BCUT2D eigenvalue weighted by Gasteiger charge is 2.15. The molecule has 1 aliphatic heterocycles. The summed E-state index contributed by atoms with van der Waals surface area (Å²) in [6.07, 6.45) is 3.40. The lowest BCUT2D eigenvalue weighted by atomic mass is 10.2. The van der Waals surface area contributed by atoms with Crippen molar-refractivity contribution in [3.63, 3.8) is 0 Å². The Labute approximate surface area is 146 Å². The summed E-state index contributed by atoms with van der Waals surface area (Å²) in [6, 6.07) is 4.70. The number of alkyl halides is 2. The van der Waals surface area contributed by atoms with Crippen molar-refractivity contribution in [3.05, 3.63) is 23.8 Å². The molecule has 8 heteroatoms. The Bertz CT molecular complexity index is 564. The first-order valence-electron chi connectivity index (χ1n) is 8.30. The van der Waals surface area contributed by atoms with Gasteiger partial charge in [0.2, 0.25) is 0 Å². The van der Waals surface area contributed by atoms with Crippen molar-refractivity contribution < 1.29 is 23.0 Å². The van der Waals surface area contributed by atoms with E-state index in [0.717, 1.165) is 32.4 Å². The van der Waals surface area contributed by atoms with Crippen LogP contribution in [0, 0.1) is 0 Å². The topological polar surface area (TPSA) is 64.1 Å². The Morgan fingerprint density at radius 1 is 1.40 bits per heavy atom. The van der Waals surface area contributed by atoms with Crippen LogP contribution in [0.25, 0.3) is 0 Å². The van der Waals surface area contributed by atoms with Crippen LogP contribution >= 0.6 is 0 Å². The number of methoxy groups -OCH3 is 1. The SMILES string of the molecule is CN=C(NCCC1CCCO1)NCc1cc(OC)ccc1OC(F)F. The van der Waals surface area contributed by atoms with Crippen molar-refractivity contribution in [1.82, 2.24) is 10.6 Å². The van der Waals surface area contributed by atoms with Gasteiger partial charge in [0.15, 0.2) is 5.96 Å². The largest absolute Gasteiger partial charge is 0.497 e. The van der Waals surface area contributed by atoms with Gasteiger partial charge in [-0.3, -0.25) is 4.99 Å². The number of aliphatic imine (C=N–C) groups is 1. The summed E-state index contributed by atoms with van der Waals surface area (Å²) in [6.45, 7) is -1.04. The highest BCUT2D eigenvalue weighted by molar-refractivity contribution is 5.79. The normalized spacial score (nSPS) is 17.6. The van der Waals surface area contributed by atoms with Gasteiger partial charge >= 0.3 is 6.61 Å². The van der Waals surface area contributed by atoms with Gasteiger partial charge in [0, 0.05) is 32.3 Å². The molecule has 6 nitrogen and oxygen atoms in total. The first kappa shape index (κ1) is 19.2. The predicted octanol–water partition coefficient (Wildman–Crippen LogP) is 2.53. The van der Waals surface area contributed by atoms with E-state index >= 15 is 0 Å². The molecule has 0 aromatic heterocycles. The molecule has 0 saturated carbocycles.